The van der Waals surface area contributed by atoms with E-state index in [-0.39, 0.29) is 0 Å². The lowest BCUT2D eigenvalue weighted by Gasteiger charge is -2.21. The first-order valence-electron chi connectivity index (χ1n) is 4.96. The third-order valence-corrected chi connectivity index (χ3v) is 3.39. The highest BCUT2D eigenvalue weighted by Gasteiger charge is 2.14. The van der Waals surface area contributed by atoms with E-state index in [1.807, 2.05) is 0 Å². The van der Waals surface area contributed by atoms with Crippen LogP contribution in [-0.4, -0.2) is 18.1 Å². The maximum Gasteiger partial charge on any atom is 0.0897 e. The van der Waals surface area contributed by atoms with Gasteiger partial charge in [-0.2, -0.15) is 0 Å². The molecular weight excluding hydrogens is 180 g/mol. The summed E-state index contributed by atoms with van der Waals surface area (Å²) in [4.78, 5) is 4.50. The highest BCUT2D eigenvalue weighted by atomic mass is 32.1. The Bertz CT molecular complexity index is 264. The molecule has 1 aromatic rings. The fourth-order valence-corrected chi connectivity index (χ4v) is 2.52. The quantitative estimate of drug-likeness (QED) is 0.782. The average molecular weight is 196 g/mol. The van der Waals surface area contributed by atoms with E-state index < -0.39 is 0 Å². The van der Waals surface area contributed by atoms with Crippen molar-refractivity contribution >= 4 is 11.3 Å². The highest BCUT2D eigenvalue weighted by Crippen LogP contribution is 2.17. The van der Waals surface area contributed by atoms with Gasteiger partial charge in [0.2, 0.25) is 0 Å². The Hall–Kier alpha value is -0.410. The minimum absolute atomic E-state index is 0.815. The molecule has 1 aromatic heterocycles. The first kappa shape index (κ1) is 9.16. The largest absolute Gasteiger partial charge is 0.316 e. The number of nitrogens with one attached hydrogen (secondary N) is 1. The van der Waals surface area contributed by atoms with Gasteiger partial charge in [0.25, 0.3) is 0 Å². The minimum Gasteiger partial charge on any atom is -0.316 e. The van der Waals surface area contributed by atoms with E-state index in [9.17, 15) is 0 Å². The van der Waals surface area contributed by atoms with Gasteiger partial charge in [0.05, 0.1) is 10.7 Å². The van der Waals surface area contributed by atoms with Crippen LogP contribution >= 0.6 is 11.3 Å². The second-order valence-electron chi connectivity index (χ2n) is 3.77. The number of hydrogen-bond acceptors (Lipinski definition) is 3. The van der Waals surface area contributed by atoms with E-state index in [1.165, 1.54) is 36.6 Å². The Kier molecular flexibility index (Phi) is 2.96. The van der Waals surface area contributed by atoms with Gasteiger partial charge in [-0.1, -0.05) is 0 Å². The van der Waals surface area contributed by atoms with Crippen molar-refractivity contribution in [1.29, 1.82) is 0 Å². The SMILES string of the molecule is Cc1nc(CC2CCCNC2)cs1. The molecule has 1 atom stereocenters. The number of aryl methyl sites for hydroxylation is 1. The van der Waals surface area contributed by atoms with Crippen molar-refractivity contribution in [2.45, 2.75) is 26.2 Å². The van der Waals surface area contributed by atoms with Gasteiger partial charge in [0.15, 0.2) is 0 Å². The van der Waals surface area contributed by atoms with Crippen LogP contribution in [0.15, 0.2) is 5.38 Å². The molecule has 72 valence electrons. The van der Waals surface area contributed by atoms with Gasteiger partial charge in [-0.3, -0.25) is 0 Å². The summed E-state index contributed by atoms with van der Waals surface area (Å²) in [5.41, 5.74) is 1.29. The summed E-state index contributed by atoms with van der Waals surface area (Å²) in [5.74, 6) is 0.815. The summed E-state index contributed by atoms with van der Waals surface area (Å²) in [7, 11) is 0. The Labute approximate surface area is 83.4 Å². The molecule has 1 aliphatic rings. The monoisotopic (exact) mass is 196 g/mol. The summed E-state index contributed by atoms with van der Waals surface area (Å²) in [6.07, 6.45) is 3.86. The van der Waals surface area contributed by atoms with E-state index in [1.54, 1.807) is 11.3 Å². The van der Waals surface area contributed by atoms with E-state index in [0.29, 0.717) is 0 Å². The Morgan fingerprint density at radius 1 is 1.69 bits per heavy atom. The second-order valence-corrected chi connectivity index (χ2v) is 4.84. The number of hydrogen-bond donors (Lipinski definition) is 1. The molecule has 3 heteroatoms. The fraction of sp³-hybridized carbons (Fsp3) is 0.700. The molecule has 0 spiro atoms. The first-order valence-corrected chi connectivity index (χ1v) is 5.84. The average Bonchev–Trinajstić information content (AvgIpc) is 2.53. The Morgan fingerprint density at radius 3 is 3.23 bits per heavy atom. The predicted octanol–water partition coefficient (Wildman–Crippen LogP) is 1.99. The molecule has 1 aliphatic heterocycles. The predicted molar refractivity (Wildman–Crippen MR) is 56.1 cm³/mol. The standard InChI is InChI=1S/C10H16N2S/c1-8-12-10(7-13-8)5-9-3-2-4-11-6-9/h7,9,11H,2-6H2,1H3. The van der Waals surface area contributed by atoms with Crippen LogP contribution in [0, 0.1) is 12.8 Å². The zero-order chi connectivity index (χ0) is 9.10. The zero-order valence-electron chi connectivity index (χ0n) is 8.05. The number of piperidine rings is 1. The van der Waals surface area contributed by atoms with E-state index in [0.717, 1.165) is 12.3 Å². The van der Waals surface area contributed by atoms with Crippen molar-refractivity contribution in [3.8, 4) is 0 Å². The van der Waals surface area contributed by atoms with Crippen LogP contribution in [0.2, 0.25) is 0 Å². The van der Waals surface area contributed by atoms with Crippen molar-refractivity contribution in [1.82, 2.24) is 10.3 Å². The van der Waals surface area contributed by atoms with Crippen LogP contribution in [0.5, 0.6) is 0 Å². The van der Waals surface area contributed by atoms with E-state index in [2.05, 4.69) is 22.6 Å². The Morgan fingerprint density at radius 2 is 2.62 bits per heavy atom. The smallest absolute Gasteiger partial charge is 0.0897 e. The molecular formula is C10H16N2S. The lowest BCUT2D eigenvalue weighted by atomic mass is 9.95. The highest BCUT2D eigenvalue weighted by molar-refractivity contribution is 7.09. The van der Waals surface area contributed by atoms with Crippen LogP contribution < -0.4 is 5.32 Å². The van der Waals surface area contributed by atoms with Crippen LogP contribution in [0.4, 0.5) is 0 Å². The molecule has 2 nitrogen and oxygen atoms in total. The molecule has 1 unspecified atom stereocenters. The van der Waals surface area contributed by atoms with Crippen LogP contribution in [-0.2, 0) is 6.42 Å². The van der Waals surface area contributed by atoms with Crippen LogP contribution in [0.1, 0.15) is 23.5 Å². The molecule has 1 fully saturated rings. The van der Waals surface area contributed by atoms with Crippen molar-refractivity contribution in [2.24, 2.45) is 5.92 Å². The molecule has 0 saturated carbocycles. The Balaban J connectivity index is 1.89. The van der Waals surface area contributed by atoms with E-state index >= 15 is 0 Å². The third-order valence-electron chi connectivity index (χ3n) is 2.56. The molecule has 0 amide bonds. The first-order chi connectivity index (χ1) is 6.34. The van der Waals surface area contributed by atoms with Gasteiger partial charge in [-0.25, -0.2) is 4.98 Å². The fourth-order valence-electron chi connectivity index (χ4n) is 1.90. The molecule has 0 radical (unpaired) electrons. The van der Waals surface area contributed by atoms with Crippen molar-refractivity contribution < 1.29 is 0 Å². The van der Waals surface area contributed by atoms with Crippen molar-refractivity contribution in [3.05, 3.63) is 16.1 Å². The topological polar surface area (TPSA) is 24.9 Å². The van der Waals surface area contributed by atoms with Gasteiger partial charge in [-0.05, 0) is 45.2 Å². The molecule has 0 aliphatic carbocycles. The van der Waals surface area contributed by atoms with Crippen LogP contribution in [0.3, 0.4) is 0 Å². The second kappa shape index (κ2) is 4.20. The maximum atomic E-state index is 4.50. The number of rotatable bonds is 2. The van der Waals surface area contributed by atoms with Gasteiger partial charge in [-0.15, -0.1) is 11.3 Å². The molecule has 1 saturated heterocycles. The molecule has 2 heterocycles. The molecule has 0 aromatic carbocycles. The number of nitrogens with zero attached hydrogens (tertiary/aromatic N) is 1. The third kappa shape index (κ3) is 2.51. The lowest BCUT2D eigenvalue weighted by molar-refractivity contribution is 0.374. The van der Waals surface area contributed by atoms with Crippen molar-refractivity contribution in [2.75, 3.05) is 13.1 Å². The summed E-state index contributed by atoms with van der Waals surface area (Å²) in [5, 5.41) is 6.83. The van der Waals surface area contributed by atoms with Crippen LogP contribution in [0.25, 0.3) is 0 Å². The molecule has 13 heavy (non-hydrogen) atoms. The zero-order valence-corrected chi connectivity index (χ0v) is 8.86. The molecule has 2 rings (SSSR count). The molecule has 1 N–H and O–H groups in total. The van der Waals surface area contributed by atoms with Gasteiger partial charge in [0, 0.05) is 5.38 Å². The summed E-state index contributed by atoms with van der Waals surface area (Å²) < 4.78 is 0. The summed E-state index contributed by atoms with van der Waals surface area (Å²) in [6.45, 7) is 4.45. The number of aromatic nitrogens is 1. The number of thiazole rings is 1. The van der Waals surface area contributed by atoms with Gasteiger partial charge in [0.1, 0.15) is 0 Å². The maximum absolute atomic E-state index is 4.50. The van der Waals surface area contributed by atoms with Crippen molar-refractivity contribution in [3.63, 3.8) is 0 Å². The normalized spacial score (nSPS) is 23.3. The van der Waals surface area contributed by atoms with E-state index in [4.69, 9.17) is 0 Å². The summed E-state index contributed by atoms with van der Waals surface area (Å²) in [6, 6.07) is 0. The van der Waals surface area contributed by atoms with Gasteiger partial charge >= 0.3 is 0 Å². The summed E-state index contributed by atoms with van der Waals surface area (Å²) >= 11 is 1.76. The lowest BCUT2D eigenvalue weighted by Crippen LogP contribution is -2.30. The van der Waals surface area contributed by atoms with Gasteiger partial charge < -0.3 is 5.32 Å². The molecule has 0 bridgehead atoms. The minimum atomic E-state index is 0.815.